The molecule has 1 aromatic rings. The Bertz CT molecular complexity index is 423. The number of aliphatic carboxylic acids is 1. The van der Waals surface area contributed by atoms with Crippen LogP contribution in [0.25, 0.3) is 6.08 Å². The van der Waals surface area contributed by atoms with Crippen molar-refractivity contribution in [1.29, 1.82) is 0 Å². The van der Waals surface area contributed by atoms with E-state index in [0.29, 0.717) is 24.7 Å². The Morgan fingerprint density at radius 2 is 2.12 bits per heavy atom. The molecule has 16 heavy (non-hydrogen) atoms. The van der Waals surface area contributed by atoms with Crippen LogP contribution in [0.2, 0.25) is 0 Å². The summed E-state index contributed by atoms with van der Waals surface area (Å²) in [6.07, 6.45) is 3.43. The lowest BCUT2D eigenvalue weighted by molar-refractivity contribution is -0.131. The molecule has 0 aromatic heterocycles. The highest BCUT2D eigenvalue weighted by molar-refractivity contribution is 5.86. The number of rotatable bonds is 2. The molecule has 0 saturated carbocycles. The van der Waals surface area contributed by atoms with Gasteiger partial charge in [-0.1, -0.05) is 12.1 Å². The molecule has 0 unspecified atom stereocenters. The maximum atomic E-state index is 10.4. The molecule has 4 heteroatoms. The summed E-state index contributed by atoms with van der Waals surface area (Å²) in [6, 6.07) is 5.43. The highest BCUT2D eigenvalue weighted by Gasteiger charge is 2.12. The first-order valence-corrected chi connectivity index (χ1v) is 5.07. The topological polar surface area (TPSA) is 55.8 Å². The first-order valence-electron chi connectivity index (χ1n) is 5.07. The third-order valence-corrected chi connectivity index (χ3v) is 2.21. The molecule has 1 aromatic carbocycles. The quantitative estimate of drug-likeness (QED) is 0.774. The number of fused-ring (bicyclic) bond motifs is 1. The minimum Gasteiger partial charge on any atom is -0.490 e. The van der Waals surface area contributed by atoms with Gasteiger partial charge in [0.1, 0.15) is 0 Å². The van der Waals surface area contributed by atoms with Crippen molar-refractivity contribution in [2.45, 2.75) is 6.42 Å². The van der Waals surface area contributed by atoms with Crippen molar-refractivity contribution < 1.29 is 19.4 Å². The fourth-order valence-corrected chi connectivity index (χ4v) is 1.51. The van der Waals surface area contributed by atoms with Crippen molar-refractivity contribution in [2.24, 2.45) is 0 Å². The van der Waals surface area contributed by atoms with Crippen molar-refractivity contribution in [3.63, 3.8) is 0 Å². The molecule has 0 saturated heterocycles. The van der Waals surface area contributed by atoms with E-state index in [4.69, 9.17) is 14.6 Å². The van der Waals surface area contributed by atoms with Crippen molar-refractivity contribution in [3.8, 4) is 11.5 Å². The summed E-state index contributed by atoms with van der Waals surface area (Å²) in [5.74, 6) is 0.315. The van der Waals surface area contributed by atoms with Gasteiger partial charge in [0.15, 0.2) is 11.5 Å². The minimum atomic E-state index is -0.979. The van der Waals surface area contributed by atoms with Gasteiger partial charge < -0.3 is 14.6 Å². The second-order valence-corrected chi connectivity index (χ2v) is 3.40. The first-order chi connectivity index (χ1) is 7.77. The van der Waals surface area contributed by atoms with E-state index in [0.717, 1.165) is 18.1 Å². The average Bonchev–Trinajstić information content (AvgIpc) is 2.51. The summed E-state index contributed by atoms with van der Waals surface area (Å²) in [5.41, 5.74) is 0.724. The summed E-state index contributed by atoms with van der Waals surface area (Å²) in [6.45, 7) is 1.21. The predicted molar refractivity (Wildman–Crippen MR) is 58.7 cm³/mol. The van der Waals surface area contributed by atoms with Crippen LogP contribution in [-0.4, -0.2) is 24.3 Å². The Labute approximate surface area is 93.1 Å². The van der Waals surface area contributed by atoms with Crippen LogP contribution in [0.5, 0.6) is 11.5 Å². The van der Waals surface area contributed by atoms with Gasteiger partial charge in [-0.15, -0.1) is 0 Å². The van der Waals surface area contributed by atoms with E-state index >= 15 is 0 Å². The van der Waals surface area contributed by atoms with Crippen LogP contribution in [0.1, 0.15) is 12.0 Å². The maximum Gasteiger partial charge on any atom is 0.328 e. The molecule has 1 N–H and O–H groups in total. The highest BCUT2D eigenvalue weighted by atomic mass is 16.5. The normalized spacial score (nSPS) is 14.8. The number of hydrogen-bond acceptors (Lipinski definition) is 3. The third-order valence-electron chi connectivity index (χ3n) is 2.21. The number of carboxylic acids is 1. The second kappa shape index (κ2) is 4.70. The van der Waals surface area contributed by atoms with Gasteiger partial charge in [-0.3, -0.25) is 0 Å². The average molecular weight is 220 g/mol. The van der Waals surface area contributed by atoms with Crippen LogP contribution in [0.15, 0.2) is 24.3 Å². The van der Waals surface area contributed by atoms with Crippen LogP contribution >= 0.6 is 0 Å². The SMILES string of the molecule is O=C(O)C=Cc1cccc2c1OCCCO2. The summed E-state index contributed by atoms with van der Waals surface area (Å²) in [5, 5.41) is 8.58. The molecule has 2 rings (SSSR count). The Hall–Kier alpha value is -1.97. The smallest absolute Gasteiger partial charge is 0.328 e. The van der Waals surface area contributed by atoms with Gasteiger partial charge >= 0.3 is 5.97 Å². The number of carboxylic acid groups (broad SMARTS) is 1. The molecule has 0 amide bonds. The van der Waals surface area contributed by atoms with E-state index < -0.39 is 5.97 Å². The molecule has 1 aliphatic rings. The Morgan fingerprint density at radius 1 is 1.31 bits per heavy atom. The van der Waals surface area contributed by atoms with Gasteiger partial charge in [-0.05, 0) is 12.1 Å². The molecule has 0 aliphatic carbocycles. The Kier molecular flexibility index (Phi) is 3.10. The second-order valence-electron chi connectivity index (χ2n) is 3.40. The van der Waals surface area contributed by atoms with E-state index in [9.17, 15) is 4.79 Å². The lowest BCUT2D eigenvalue weighted by Gasteiger charge is -2.09. The summed E-state index contributed by atoms with van der Waals surface area (Å²) in [4.78, 5) is 10.4. The molecule has 4 nitrogen and oxygen atoms in total. The zero-order valence-electron chi connectivity index (χ0n) is 8.68. The Balaban J connectivity index is 2.34. The summed E-state index contributed by atoms with van der Waals surface area (Å²) >= 11 is 0. The number of benzene rings is 1. The van der Waals surface area contributed by atoms with Gasteiger partial charge in [0, 0.05) is 18.1 Å². The molecule has 0 spiro atoms. The van der Waals surface area contributed by atoms with Gasteiger partial charge in [0.25, 0.3) is 0 Å². The van der Waals surface area contributed by atoms with Crippen LogP contribution in [0, 0.1) is 0 Å². The zero-order chi connectivity index (χ0) is 11.4. The molecule has 0 fully saturated rings. The van der Waals surface area contributed by atoms with Crippen molar-refractivity contribution in [2.75, 3.05) is 13.2 Å². The lowest BCUT2D eigenvalue weighted by Crippen LogP contribution is -1.98. The maximum absolute atomic E-state index is 10.4. The fourth-order valence-electron chi connectivity index (χ4n) is 1.51. The number of carbonyl (C=O) groups is 1. The lowest BCUT2D eigenvalue weighted by atomic mass is 10.1. The molecule has 1 heterocycles. The van der Waals surface area contributed by atoms with Gasteiger partial charge in [-0.25, -0.2) is 4.79 Å². The largest absolute Gasteiger partial charge is 0.490 e. The summed E-state index contributed by atoms with van der Waals surface area (Å²) < 4.78 is 11.0. The number of para-hydroxylation sites is 1. The van der Waals surface area contributed by atoms with Crippen LogP contribution in [0.3, 0.4) is 0 Å². The molecular formula is C12H12O4. The van der Waals surface area contributed by atoms with Gasteiger partial charge in [-0.2, -0.15) is 0 Å². The monoisotopic (exact) mass is 220 g/mol. The van der Waals surface area contributed by atoms with Crippen molar-refractivity contribution in [1.82, 2.24) is 0 Å². The fraction of sp³-hybridized carbons (Fsp3) is 0.250. The Morgan fingerprint density at radius 3 is 2.94 bits per heavy atom. The molecular weight excluding hydrogens is 208 g/mol. The van der Waals surface area contributed by atoms with Crippen LogP contribution in [-0.2, 0) is 4.79 Å². The van der Waals surface area contributed by atoms with E-state index in [-0.39, 0.29) is 0 Å². The minimum absolute atomic E-state index is 0.588. The molecule has 0 atom stereocenters. The number of hydrogen-bond donors (Lipinski definition) is 1. The van der Waals surface area contributed by atoms with Gasteiger partial charge in [0.05, 0.1) is 13.2 Å². The molecule has 0 bridgehead atoms. The molecule has 0 radical (unpaired) electrons. The highest BCUT2D eigenvalue weighted by Crippen LogP contribution is 2.33. The van der Waals surface area contributed by atoms with Crippen LogP contribution < -0.4 is 9.47 Å². The standard InChI is InChI=1S/C12H12O4/c13-11(14)6-5-9-3-1-4-10-12(9)16-8-2-7-15-10/h1,3-6H,2,7-8H2,(H,13,14). The number of ether oxygens (including phenoxy) is 2. The third kappa shape index (κ3) is 2.34. The predicted octanol–water partition coefficient (Wildman–Crippen LogP) is 1.95. The molecule has 84 valence electrons. The van der Waals surface area contributed by atoms with Crippen molar-refractivity contribution in [3.05, 3.63) is 29.8 Å². The molecule has 1 aliphatic heterocycles. The van der Waals surface area contributed by atoms with E-state index in [1.165, 1.54) is 6.08 Å². The zero-order valence-corrected chi connectivity index (χ0v) is 8.68. The van der Waals surface area contributed by atoms with Crippen molar-refractivity contribution >= 4 is 12.0 Å². The van der Waals surface area contributed by atoms with Crippen LogP contribution in [0.4, 0.5) is 0 Å². The van der Waals surface area contributed by atoms with E-state index in [1.807, 2.05) is 12.1 Å². The first kappa shape index (κ1) is 10.5. The van der Waals surface area contributed by atoms with Gasteiger partial charge in [0.2, 0.25) is 0 Å². The van der Waals surface area contributed by atoms with E-state index in [2.05, 4.69) is 0 Å². The van der Waals surface area contributed by atoms with E-state index in [1.54, 1.807) is 6.07 Å². The summed E-state index contributed by atoms with van der Waals surface area (Å²) in [7, 11) is 0.